The molecule has 3 nitrogen and oxygen atoms in total. The van der Waals surface area contributed by atoms with E-state index in [0.29, 0.717) is 17.9 Å². The molecule has 0 spiro atoms. The molecule has 1 aliphatic carbocycles. The Hall–Kier alpha value is -2.13. The summed E-state index contributed by atoms with van der Waals surface area (Å²) >= 11 is 0. The van der Waals surface area contributed by atoms with Gasteiger partial charge in [0.1, 0.15) is 0 Å². The molecule has 0 saturated carbocycles. The molecular weight excluding hydrogens is 320 g/mol. The number of fused-ring (bicyclic) bond motifs is 2. The highest BCUT2D eigenvalue weighted by Gasteiger charge is 2.49. The monoisotopic (exact) mass is 346 g/mol. The zero-order valence-corrected chi connectivity index (χ0v) is 15.3. The van der Waals surface area contributed by atoms with E-state index in [0.717, 1.165) is 19.6 Å². The first kappa shape index (κ1) is 16.1. The molecule has 1 amide bonds. The smallest absolute Gasteiger partial charge is 0.219 e. The molecule has 2 fully saturated rings. The van der Waals surface area contributed by atoms with Crippen LogP contribution in [0.5, 0.6) is 0 Å². The third-order valence-electron chi connectivity index (χ3n) is 6.78. The first-order chi connectivity index (χ1) is 12.7. The molecule has 0 aromatic heterocycles. The number of hydrogen-bond acceptors (Lipinski definition) is 2. The molecule has 3 aliphatic rings. The van der Waals surface area contributed by atoms with Crippen molar-refractivity contribution in [2.45, 2.75) is 31.8 Å². The minimum absolute atomic E-state index is 0.216. The fraction of sp³-hybridized carbons (Fsp3) is 0.435. The van der Waals surface area contributed by atoms with E-state index in [4.69, 9.17) is 0 Å². The van der Waals surface area contributed by atoms with Gasteiger partial charge in [0.05, 0.1) is 6.04 Å². The van der Waals surface area contributed by atoms with E-state index >= 15 is 0 Å². The summed E-state index contributed by atoms with van der Waals surface area (Å²) in [4.78, 5) is 17.1. The Morgan fingerprint density at radius 1 is 0.885 bits per heavy atom. The Bertz CT molecular complexity index is 793. The lowest BCUT2D eigenvalue weighted by atomic mass is 9.89. The van der Waals surface area contributed by atoms with Crippen molar-refractivity contribution in [1.82, 2.24) is 9.80 Å². The average molecular weight is 346 g/mol. The van der Waals surface area contributed by atoms with Crippen LogP contribution in [0.1, 0.15) is 29.7 Å². The highest BCUT2D eigenvalue weighted by Crippen LogP contribution is 2.46. The molecule has 3 heteroatoms. The van der Waals surface area contributed by atoms with Crippen LogP contribution in [0.2, 0.25) is 0 Å². The lowest BCUT2D eigenvalue weighted by Crippen LogP contribution is -2.38. The number of carbonyl (C=O) groups is 1. The van der Waals surface area contributed by atoms with Crippen LogP contribution in [0.15, 0.2) is 54.6 Å². The van der Waals surface area contributed by atoms with Crippen LogP contribution < -0.4 is 0 Å². The summed E-state index contributed by atoms with van der Waals surface area (Å²) in [5.41, 5.74) is 4.35. The van der Waals surface area contributed by atoms with Crippen molar-refractivity contribution >= 4 is 5.91 Å². The van der Waals surface area contributed by atoms with E-state index in [2.05, 4.69) is 64.4 Å². The molecule has 0 unspecified atom stereocenters. The van der Waals surface area contributed by atoms with Gasteiger partial charge in [-0.05, 0) is 35.4 Å². The standard InChI is InChI=1S/C23H26N2O/c1-16(26)25-14-20-13-24(21-11-18-9-5-6-10-19(18)12-21)15-22(20)23(25)17-7-3-2-4-8-17/h2-10,20-23H,11-15H2,1H3/t20-,22-,23+/m1/s1. The fourth-order valence-corrected chi connectivity index (χ4v) is 5.57. The van der Waals surface area contributed by atoms with Gasteiger partial charge in [0.25, 0.3) is 0 Å². The van der Waals surface area contributed by atoms with Crippen LogP contribution >= 0.6 is 0 Å². The van der Waals surface area contributed by atoms with Gasteiger partial charge in [-0.3, -0.25) is 9.69 Å². The molecule has 2 saturated heterocycles. The molecular formula is C23H26N2O. The number of hydrogen-bond donors (Lipinski definition) is 0. The minimum atomic E-state index is 0.216. The number of carbonyl (C=O) groups excluding carboxylic acids is 1. The Labute approximate surface area is 155 Å². The van der Waals surface area contributed by atoms with Crippen LogP contribution in [0, 0.1) is 11.8 Å². The summed E-state index contributed by atoms with van der Waals surface area (Å²) in [6.07, 6.45) is 2.37. The molecule has 3 atom stereocenters. The zero-order chi connectivity index (χ0) is 17.7. The highest BCUT2D eigenvalue weighted by atomic mass is 16.2. The molecule has 0 radical (unpaired) electrons. The SMILES string of the molecule is CC(=O)N1C[C@H]2CN(C3Cc4ccccc4C3)C[C@H]2[C@@H]1c1ccccc1. The van der Waals surface area contributed by atoms with Crippen molar-refractivity contribution in [1.29, 1.82) is 0 Å². The number of benzene rings is 2. The van der Waals surface area contributed by atoms with E-state index < -0.39 is 0 Å². The predicted molar refractivity (Wildman–Crippen MR) is 103 cm³/mol. The second-order valence-corrected chi connectivity index (χ2v) is 8.24. The van der Waals surface area contributed by atoms with Gasteiger partial charge in [-0.25, -0.2) is 0 Å². The Kier molecular flexibility index (Phi) is 3.86. The summed E-state index contributed by atoms with van der Waals surface area (Å²) in [6, 6.07) is 20.4. The number of likely N-dealkylation sites (tertiary alicyclic amines) is 2. The lowest BCUT2D eigenvalue weighted by molar-refractivity contribution is -0.130. The van der Waals surface area contributed by atoms with E-state index in [1.165, 1.54) is 29.5 Å². The van der Waals surface area contributed by atoms with Gasteiger partial charge in [-0.1, -0.05) is 54.6 Å². The quantitative estimate of drug-likeness (QED) is 0.833. The summed E-state index contributed by atoms with van der Waals surface area (Å²) in [5, 5.41) is 0. The molecule has 2 aromatic carbocycles. The van der Waals surface area contributed by atoms with E-state index in [9.17, 15) is 4.79 Å². The molecule has 0 bridgehead atoms. The summed E-state index contributed by atoms with van der Waals surface area (Å²) < 4.78 is 0. The third-order valence-corrected chi connectivity index (χ3v) is 6.78. The van der Waals surface area contributed by atoms with Gasteiger partial charge in [0, 0.05) is 38.5 Å². The van der Waals surface area contributed by atoms with Gasteiger partial charge in [0.15, 0.2) is 0 Å². The maximum Gasteiger partial charge on any atom is 0.219 e. The number of amides is 1. The van der Waals surface area contributed by atoms with Crippen LogP contribution in [-0.4, -0.2) is 41.4 Å². The lowest BCUT2D eigenvalue weighted by Gasteiger charge is -2.31. The van der Waals surface area contributed by atoms with E-state index in [1.54, 1.807) is 6.92 Å². The number of rotatable bonds is 2. The van der Waals surface area contributed by atoms with E-state index in [-0.39, 0.29) is 11.9 Å². The minimum Gasteiger partial charge on any atom is -0.335 e. The largest absolute Gasteiger partial charge is 0.335 e. The average Bonchev–Trinajstić information content (AvgIpc) is 3.33. The fourth-order valence-electron chi connectivity index (χ4n) is 5.57. The second kappa shape index (κ2) is 6.24. The van der Waals surface area contributed by atoms with Crippen molar-refractivity contribution < 1.29 is 4.79 Å². The Morgan fingerprint density at radius 2 is 1.54 bits per heavy atom. The van der Waals surface area contributed by atoms with Gasteiger partial charge in [-0.15, -0.1) is 0 Å². The third kappa shape index (κ3) is 2.57. The zero-order valence-electron chi connectivity index (χ0n) is 15.3. The topological polar surface area (TPSA) is 23.6 Å². The van der Waals surface area contributed by atoms with Gasteiger partial charge < -0.3 is 4.90 Å². The predicted octanol–water partition coefficient (Wildman–Crippen LogP) is 3.31. The maximum absolute atomic E-state index is 12.3. The molecule has 0 N–H and O–H groups in total. The van der Waals surface area contributed by atoms with Crippen molar-refractivity contribution in [3.05, 3.63) is 71.3 Å². The molecule has 26 heavy (non-hydrogen) atoms. The maximum atomic E-state index is 12.3. The van der Waals surface area contributed by atoms with E-state index in [1.807, 2.05) is 0 Å². The van der Waals surface area contributed by atoms with Crippen LogP contribution in [0.25, 0.3) is 0 Å². The van der Waals surface area contributed by atoms with Crippen molar-refractivity contribution in [2.24, 2.45) is 11.8 Å². The van der Waals surface area contributed by atoms with Crippen LogP contribution in [0.4, 0.5) is 0 Å². The summed E-state index contributed by atoms with van der Waals surface area (Å²) in [5.74, 6) is 1.38. The van der Waals surface area contributed by atoms with Crippen molar-refractivity contribution in [3.8, 4) is 0 Å². The van der Waals surface area contributed by atoms with Gasteiger partial charge >= 0.3 is 0 Å². The first-order valence-electron chi connectivity index (χ1n) is 9.83. The molecule has 2 aromatic rings. The second-order valence-electron chi connectivity index (χ2n) is 8.24. The first-order valence-corrected chi connectivity index (χ1v) is 9.83. The highest BCUT2D eigenvalue weighted by molar-refractivity contribution is 5.74. The molecule has 2 aliphatic heterocycles. The Morgan fingerprint density at radius 3 is 2.19 bits per heavy atom. The van der Waals surface area contributed by atoms with Crippen molar-refractivity contribution in [2.75, 3.05) is 19.6 Å². The van der Waals surface area contributed by atoms with Gasteiger partial charge in [0.2, 0.25) is 5.91 Å². The van der Waals surface area contributed by atoms with Crippen molar-refractivity contribution in [3.63, 3.8) is 0 Å². The molecule has 2 heterocycles. The summed E-state index contributed by atoms with van der Waals surface area (Å²) in [7, 11) is 0. The molecule has 134 valence electrons. The summed E-state index contributed by atoms with van der Waals surface area (Å²) in [6.45, 7) is 4.89. The van der Waals surface area contributed by atoms with Gasteiger partial charge in [-0.2, -0.15) is 0 Å². The normalized spacial score (nSPS) is 28.3. The van der Waals surface area contributed by atoms with Crippen LogP contribution in [-0.2, 0) is 17.6 Å². The van der Waals surface area contributed by atoms with Crippen LogP contribution in [0.3, 0.4) is 0 Å². The Balaban J connectivity index is 1.37. The molecule has 5 rings (SSSR count). The number of nitrogens with zero attached hydrogens (tertiary/aromatic N) is 2.